The van der Waals surface area contributed by atoms with E-state index in [9.17, 15) is 36.2 Å². The predicted molar refractivity (Wildman–Crippen MR) is 133 cm³/mol. The van der Waals surface area contributed by atoms with E-state index < -0.39 is 58.1 Å². The topological polar surface area (TPSA) is 117 Å². The van der Waals surface area contributed by atoms with Crippen LogP contribution in [0.1, 0.15) is 43.0 Å². The van der Waals surface area contributed by atoms with E-state index >= 15 is 0 Å². The minimum absolute atomic E-state index is 0.0574. The average molecular weight is 548 g/mol. The van der Waals surface area contributed by atoms with E-state index in [1.54, 1.807) is 5.32 Å². The number of nitrogens with two attached hydrogens (primary N) is 2. The van der Waals surface area contributed by atoms with Gasteiger partial charge in [-0.2, -0.15) is 13.2 Å². The molecule has 1 heterocycles. The molecule has 1 fully saturated rings. The molecule has 6 nitrogen and oxygen atoms in total. The summed E-state index contributed by atoms with van der Waals surface area (Å²) in [6.07, 6.45) is -9.67. The summed E-state index contributed by atoms with van der Waals surface area (Å²) in [7, 11) is -3.54. The van der Waals surface area contributed by atoms with E-state index in [1.165, 1.54) is 6.07 Å². The van der Waals surface area contributed by atoms with Crippen LogP contribution in [-0.2, 0) is 34.6 Å². The minimum atomic E-state index is -4.90. The van der Waals surface area contributed by atoms with Gasteiger partial charge in [-0.25, -0.2) is 12.8 Å². The van der Waals surface area contributed by atoms with Crippen molar-refractivity contribution in [3.05, 3.63) is 64.5 Å². The zero-order valence-electron chi connectivity index (χ0n) is 21.1. The van der Waals surface area contributed by atoms with Crippen molar-refractivity contribution in [2.24, 2.45) is 5.92 Å². The van der Waals surface area contributed by atoms with Crippen LogP contribution in [0.2, 0.25) is 0 Å². The van der Waals surface area contributed by atoms with Gasteiger partial charge in [-0.05, 0) is 40.7 Å². The Morgan fingerprint density at radius 1 is 1.11 bits per heavy atom. The Bertz CT molecular complexity index is 1210. The van der Waals surface area contributed by atoms with Crippen molar-refractivity contribution in [1.82, 2.24) is 0 Å². The molecule has 0 saturated carbocycles. The molecule has 0 bridgehead atoms. The van der Waals surface area contributed by atoms with Gasteiger partial charge < -0.3 is 21.3 Å². The van der Waals surface area contributed by atoms with Crippen molar-refractivity contribution >= 4 is 15.5 Å². The van der Waals surface area contributed by atoms with E-state index in [-0.39, 0.29) is 34.5 Å². The first-order chi connectivity index (χ1) is 17.0. The monoisotopic (exact) mass is 547 g/mol. The third kappa shape index (κ3) is 7.66. The highest BCUT2D eigenvalue weighted by molar-refractivity contribution is 7.91. The molecule has 6 N–H and O–H groups in total. The van der Waals surface area contributed by atoms with Gasteiger partial charge in [-0.15, -0.1) is 0 Å². The third-order valence-corrected chi connectivity index (χ3v) is 8.68. The number of quaternary nitrogens is 1. The van der Waals surface area contributed by atoms with E-state index in [0.29, 0.717) is 6.54 Å². The smallest absolute Gasteiger partial charge is 0.396 e. The molecule has 1 aliphatic rings. The molecule has 3 rings (SSSR count). The molecule has 0 aliphatic carbocycles. The Morgan fingerprint density at radius 2 is 1.78 bits per heavy atom. The van der Waals surface area contributed by atoms with Crippen LogP contribution in [0.3, 0.4) is 0 Å². The molecular weight excluding hydrogens is 512 g/mol. The lowest BCUT2D eigenvalue weighted by Crippen LogP contribution is -2.93. The SMILES string of the molecule is CC(C)(C)c1cccc(C[NH2+][C@H]2CS(=O)(=O)C[C@@H](Cc3cc(F)c(N)c(C[C@H](O)C(F)(F)F)c3)[C@@H]2O)c1. The molecule has 1 aliphatic heterocycles. The molecule has 1 saturated heterocycles. The fourth-order valence-corrected chi connectivity index (χ4v) is 6.75. The van der Waals surface area contributed by atoms with Crippen molar-refractivity contribution in [2.75, 3.05) is 17.2 Å². The second-order valence-corrected chi connectivity index (χ2v) is 13.2. The van der Waals surface area contributed by atoms with Crippen LogP contribution >= 0.6 is 0 Å². The summed E-state index contributed by atoms with van der Waals surface area (Å²) < 4.78 is 78.2. The second kappa shape index (κ2) is 10.9. The van der Waals surface area contributed by atoms with Gasteiger partial charge in [-0.3, -0.25) is 0 Å². The summed E-state index contributed by atoms with van der Waals surface area (Å²) in [5.74, 6) is -2.30. The van der Waals surface area contributed by atoms with Gasteiger partial charge >= 0.3 is 6.18 Å². The van der Waals surface area contributed by atoms with Crippen LogP contribution in [0.5, 0.6) is 0 Å². The van der Waals surface area contributed by atoms with Crippen LogP contribution in [0.15, 0.2) is 36.4 Å². The molecular formula is C26H35F4N2O4S+. The number of sulfone groups is 1. The van der Waals surface area contributed by atoms with Crippen molar-refractivity contribution < 1.29 is 41.5 Å². The number of hydrogen-bond acceptors (Lipinski definition) is 5. The van der Waals surface area contributed by atoms with Crippen LogP contribution < -0.4 is 11.1 Å². The maximum atomic E-state index is 14.4. The molecule has 2 aromatic rings. The van der Waals surface area contributed by atoms with Crippen molar-refractivity contribution in [3.63, 3.8) is 0 Å². The highest BCUT2D eigenvalue weighted by Gasteiger charge is 2.42. The van der Waals surface area contributed by atoms with Gasteiger partial charge in [0.1, 0.15) is 30.3 Å². The summed E-state index contributed by atoms with van der Waals surface area (Å²) in [5, 5.41) is 22.2. The predicted octanol–water partition coefficient (Wildman–Crippen LogP) is 2.25. The highest BCUT2D eigenvalue weighted by Crippen LogP contribution is 2.29. The standard InChI is InChI=1S/C26H34F4N2O4S/c1-25(2,3)19-6-4-5-15(9-19)12-32-21-14-37(35,36)13-18(24(21)34)8-16-7-17(23(31)20(27)10-16)11-22(33)26(28,29)30/h4-7,9-10,18,21-22,24,32-34H,8,11-14,31H2,1-3H3/p+1/t18-,21+,22+,24+/m1/s1. The number of rotatable bonds is 7. The third-order valence-electron chi connectivity index (χ3n) is 6.85. The molecule has 37 heavy (non-hydrogen) atoms. The van der Waals surface area contributed by atoms with Gasteiger partial charge in [0.05, 0.1) is 11.4 Å². The summed E-state index contributed by atoms with van der Waals surface area (Å²) >= 11 is 0. The van der Waals surface area contributed by atoms with Crippen LogP contribution in [0.4, 0.5) is 23.2 Å². The van der Waals surface area contributed by atoms with E-state index in [4.69, 9.17) is 5.73 Å². The van der Waals surface area contributed by atoms with Gasteiger partial charge in [0.25, 0.3) is 0 Å². The maximum absolute atomic E-state index is 14.4. The number of nitrogen functional groups attached to an aromatic ring is 1. The zero-order chi connectivity index (χ0) is 27.8. The van der Waals surface area contributed by atoms with Crippen molar-refractivity contribution in [2.45, 2.75) is 70.0 Å². The first-order valence-corrected chi connectivity index (χ1v) is 13.9. The van der Waals surface area contributed by atoms with E-state index in [1.807, 2.05) is 24.3 Å². The number of anilines is 1. The Hall–Kier alpha value is -2.21. The fourth-order valence-electron chi connectivity index (χ4n) is 4.72. The number of aliphatic hydroxyl groups is 2. The quantitative estimate of drug-likeness (QED) is 0.314. The average Bonchev–Trinajstić information content (AvgIpc) is 2.77. The van der Waals surface area contributed by atoms with Gasteiger partial charge in [0.2, 0.25) is 0 Å². The second-order valence-electron chi connectivity index (χ2n) is 11.0. The van der Waals surface area contributed by atoms with E-state index in [0.717, 1.165) is 17.2 Å². The fraction of sp³-hybridized carbons (Fsp3) is 0.538. The summed E-state index contributed by atoms with van der Waals surface area (Å²) in [4.78, 5) is 0. The largest absolute Gasteiger partial charge is 0.414 e. The number of aliphatic hydroxyl groups excluding tert-OH is 2. The summed E-state index contributed by atoms with van der Waals surface area (Å²) in [6, 6.07) is 9.54. The van der Waals surface area contributed by atoms with Crippen LogP contribution in [-0.4, -0.2) is 54.6 Å². The van der Waals surface area contributed by atoms with Gasteiger partial charge in [0.15, 0.2) is 15.9 Å². The Balaban J connectivity index is 1.77. The lowest BCUT2D eigenvalue weighted by atomic mass is 9.86. The molecule has 4 atom stereocenters. The summed E-state index contributed by atoms with van der Waals surface area (Å²) in [6.45, 7) is 6.72. The zero-order valence-corrected chi connectivity index (χ0v) is 21.9. The lowest BCUT2D eigenvalue weighted by molar-refractivity contribution is -0.708. The molecule has 206 valence electrons. The normalized spacial score (nSPS) is 23.1. The van der Waals surface area contributed by atoms with Gasteiger partial charge in [0, 0.05) is 17.9 Å². The maximum Gasteiger partial charge on any atom is 0.414 e. The van der Waals surface area contributed by atoms with Crippen molar-refractivity contribution in [1.29, 1.82) is 0 Å². The summed E-state index contributed by atoms with van der Waals surface area (Å²) in [5.41, 5.74) is 7.12. The Labute approximate surface area is 214 Å². The highest BCUT2D eigenvalue weighted by atomic mass is 32.2. The molecule has 2 aromatic carbocycles. The molecule has 0 amide bonds. The minimum Gasteiger partial charge on any atom is -0.396 e. The number of alkyl halides is 3. The molecule has 0 unspecified atom stereocenters. The van der Waals surface area contributed by atoms with Crippen molar-refractivity contribution in [3.8, 4) is 0 Å². The van der Waals surface area contributed by atoms with Crippen LogP contribution in [0.25, 0.3) is 0 Å². The first kappa shape index (κ1) is 29.3. The number of halogens is 4. The first-order valence-electron chi connectivity index (χ1n) is 12.1. The number of hydrogen-bond donors (Lipinski definition) is 4. The lowest BCUT2D eigenvalue weighted by Gasteiger charge is -2.33. The van der Waals surface area contributed by atoms with E-state index in [2.05, 4.69) is 20.8 Å². The van der Waals surface area contributed by atoms with Gasteiger partial charge in [-0.1, -0.05) is 45.0 Å². The van der Waals surface area contributed by atoms with Crippen LogP contribution in [0, 0.1) is 11.7 Å². The molecule has 0 spiro atoms. The Kier molecular flexibility index (Phi) is 8.63. The molecule has 0 radical (unpaired) electrons. The molecule has 11 heteroatoms. The number of benzene rings is 2. The Morgan fingerprint density at radius 3 is 2.41 bits per heavy atom. The molecule has 0 aromatic heterocycles.